The number of nitrogens with one attached hydrogen (secondary N) is 3. The summed E-state index contributed by atoms with van der Waals surface area (Å²) < 4.78 is 26.2. The zero-order chi connectivity index (χ0) is 13.3. The third-order valence-electron chi connectivity index (χ3n) is 2.65. The van der Waals surface area contributed by atoms with Crippen LogP contribution in [0.15, 0.2) is 41.6 Å². The van der Waals surface area contributed by atoms with Gasteiger partial charge in [0.25, 0.3) is 0 Å². The topological polar surface area (TPSA) is 104 Å². The van der Waals surface area contributed by atoms with E-state index in [0.29, 0.717) is 5.82 Å². The van der Waals surface area contributed by atoms with Crippen molar-refractivity contribution in [3.8, 4) is 0 Å². The summed E-state index contributed by atoms with van der Waals surface area (Å²) in [6.45, 7) is 0.0994. The minimum Gasteiger partial charge on any atom is -0.341 e. The molecule has 2 heterocycles. The molecule has 3 N–H and O–H groups in total. The molecule has 0 fully saturated rings. The number of fused-ring (bicyclic) bond motifs is 1. The Balaban J connectivity index is 1.79. The summed E-state index contributed by atoms with van der Waals surface area (Å²) in [6.07, 6.45) is 2.57. The van der Waals surface area contributed by atoms with Crippen LogP contribution < -0.4 is 4.72 Å². The van der Waals surface area contributed by atoms with Gasteiger partial charge in [0.05, 0.1) is 23.8 Å². The SMILES string of the molecule is O=S(=O)(NCc1nc2ccccc2[nH]1)c1cn[nH]c1. The van der Waals surface area contributed by atoms with Crippen LogP contribution in [0.4, 0.5) is 0 Å². The van der Waals surface area contributed by atoms with E-state index in [1.165, 1.54) is 12.4 Å². The molecule has 0 amide bonds. The van der Waals surface area contributed by atoms with Gasteiger partial charge in [-0.25, -0.2) is 18.1 Å². The Labute approximate surface area is 109 Å². The fraction of sp³-hybridized carbons (Fsp3) is 0.0909. The highest BCUT2D eigenvalue weighted by Crippen LogP contribution is 2.11. The Morgan fingerprint density at radius 3 is 2.84 bits per heavy atom. The van der Waals surface area contributed by atoms with Gasteiger partial charge in [0.2, 0.25) is 10.0 Å². The van der Waals surface area contributed by atoms with Gasteiger partial charge >= 0.3 is 0 Å². The second kappa shape index (κ2) is 4.48. The second-order valence-electron chi connectivity index (χ2n) is 3.96. The molecule has 0 unspecified atom stereocenters. The molecule has 2 aromatic heterocycles. The zero-order valence-corrected chi connectivity index (χ0v) is 10.6. The van der Waals surface area contributed by atoms with E-state index in [-0.39, 0.29) is 11.4 Å². The summed E-state index contributed by atoms with van der Waals surface area (Å²) in [5, 5.41) is 6.07. The van der Waals surface area contributed by atoms with E-state index in [0.717, 1.165) is 11.0 Å². The molecule has 7 nitrogen and oxygen atoms in total. The number of benzene rings is 1. The standard InChI is InChI=1S/C11H11N5O2S/c17-19(18,8-5-12-13-6-8)14-7-11-15-9-3-1-2-4-10(9)16-11/h1-6,14H,7H2,(H,12,13)(H,15,16). The fourth-order valence-electron chi connectivity index (χ4n) is 1.72. The molecule has 0 spiro atoms. The van der Waals surface area contributed by atoms with Crippen LogP contribution in [0.3, 0.4) is 0 Å². The highest BCUT2D eigenvalue weighted by atomic mass is 32.2. The Hall–Kier alpha value is -2.19. The Kier molecular flexibility index (Phi) is 2.80. The fourth-order valence-corrected chi connectivity index (χ4v) is 2.61. The summed E-state index contributed by atoms with van der Waals surface area (Å²) in [5.41, 5.74) is 1.68. The van der Waals surface area contributed by atoms with Gasteiger partial charge < -0.3 is 4.98 Å². The lowest BCUT2D eigenvalue weighted by atomic mass is 10.3. The zero-order valence-electron chi connectivity index (χ0n) is 9.79. The molecule has 0 saturated heterocycles. The minimum absolute atomic E-state index is 0.0994. The summed E-state index contributed by atoms with van der Waals surface area (Å²) in [6, 6.07) is 7.51. The van der Waals surface area contributed by atoms with Crippen LogP contribution in [-0.2, 0) is 16.6 Å². The van der Waals surface area contributed by atoms with E-state index < -0.39 is 10.0 Å². The van der Waals surface area contributed by atoms with Crippen LogP contribution in [0.1, 0.15) is 5.82 Å². The molecular formula is C11H11N5O2S. The minimum atomic E-state index is -3.56. The molecule has 0 radical (unpaired) electrons. The number of rotatable bonds is 4. The highest BCUT2D eigenvalue weighted by molar-refractivity contribution is 7.89. The van der Waals surface area contributed by atoms with Crippen molar-refractivity contribution in [3.05, 3.63) is 42.5 Å². The van der Waals surface area contributed by atoms with Crippen molar-refractivity contribution < 1.29 is 8.42 Å². The second-order valence-corrected chi connectivity index (χ2v) is 5.73. The monoisotopic (exact) mass is 277 g/mol. The molecule has 0 aliphatic carbocycles. The van der Waals surface area contributed by atoms with Gasteiger partial charge in [-0.1, -0.05) is 12.1 Å². The van der Waals surface area contributed by atoms with Crippen LogP contribution >= 0.6 is 0 Å². The smallest absolute Gasteiger partial charge is 0.244 e. The van der Waals surface area contributed by atoms with Crippen molar-refractivity contribution in [1.82, 2.24) is 24.9 Å². The van der Waals surface area contributed by atoms with E-state index in [1.54, 1.807) is 0 Å². The van der Waals surface area contributed by atoms with Crippen LogP contribution in [-0.4, -0.2) is 28.6 Å². The molecule has 3 aromatic rings. The number of aromatic amines is 2. The number of H-pyrrole nitrogens is 2. The van der Waals surface area contributed by atoms with Crippen molar-refractivity contribution in [3.63, 3.8) is 0 Å². The van der Waals surface area contributed by atoms with Crippen molar-refractivity contribution >= 4 is 21.1 Å². The summed E-state index contributed by atoms with van der Waals surface area (Å²) in [7, 11) is -3.56. The molecule has 0 aliphatic rings. The van der Waals surface area contributed by atoms with Gasteiger partial charge in [0.15, 0.2) is 0 Å². The number of imidazole rings is 1. The predicted molar refractivity (Wildman–Crippen MR) is 68.7 cm³/mol. The highest BCUT2D eigenvalue weighted by Gasteiger charge is 2.15. The molecule has 98 valence electrons. The van der Waals surface area contributed by atoms with Crippen LogP contribution in [0, 0.1) is 0 Å². The molecular weight excluding hydrogens is 266 g/mol. The van der Waals surface area contributed by atoms with Crippen molar-refractivity contribution in [1.29, 1.82) is 0 Å². The summed E-state index contributed by atoms with van der Waals surface area (Å²) >= 11 is 0. The van der Waals surface area contributed by atoms with E-state index in [1.807, 2.05) is 24.3 Å². The lowest BCUT2D eigenvalue weighted by molar-refractivity contribution is 0.580. The number of hydrogen-bond donors (Lipinski definition) is 3. The van der Waals surface area contributed by atoms with Crippen LogP contribution in [0.2, 0.25) is 0 Å². The molecule has 0 aliphatic heterocycles. The summed E-state index contributed by atoms with van der Waals surface area (Å²) in [4.78, 5) is 7.44. The summed E-state index contributed by atoms with van der Waals surface area (Å²) in [5.74, 6) is 0.563. The van der Waals surface area contributed by atoms with Crippen molar-refractivity contribution in [2.45, 2.75) is 11.4 Å². The van der Waals surface area contributed by atoms with Gasteiger partial charge in [-0.3, -0.25) is 5.10 Å². The third-order valence-corrected chi connectivity index (χ3v) is 4.02. The average molecular weight is 277 g/mol. The Morgan fingerprint density at radius 1 is 1.26 bits per heavy atom. The first-order chi connectivity index (χ1) is 9.15. The van der Waals surface area contributed by atoms with Crippen LogP contribution in [0.5, 0.6) is 0 Å². The first-order valence-electron chi connectivity index (χ1n) is 5.57. The van der Waals surface area contributed by atoms with Crippen molar-refractivity contribution in [2.24, 2.45) is 0 Å². The van der Waals surface area contributed by atoms with E-state index in [4.69, 9.17) is 0 Å². The van der Waals surface area contributed by atoms with Crippen LogP contribution in [0.25, 0.3) is 11.0 Å². The Morgan fingerprint density at radius 2 is 2.11 bits per heavy atom. The lowest BCUT2D eigenvalue weighted by Gasteiger charge is -2.01. The molecule has 1 aromatic carbocycles. The first kappa shape index (κ1) is 11.9. The van der Waals surface area contributed by atoms with E-state index >= 15 is 0 Å². The number of para-hydroxylation sites is 2. The largest absolute Gasteiger partial charge is 0.341 e. The molecule has 0 atom stereocenters. The molecule has 0 bridgehead atoms. The third kappa shape index (κ3) is 2.35. The molecule has 19 heavy (non-hydrogen) atoms. The first-order valence-corrected chi connectivity index (χ1v) is 7.05. The van der Waals surface area contributed by atoms with E-state index in [2.05, 4.69) is 24.9 Å². The quantitative estimate of drug-likeness (QED) is 0.655. The number of nitrogens with zero attached hydrogens (tertiary/aromatic N) is 2. The maximum atomic E-state index is 11.9. The van der Waals surface area contributed by atoms with Gasteiger partial charge in [0.1, 0.15) is 10.7 Å². The number of hydrogen-bond acceptors (Lipinski definition) is 4. The maximum Gasteiger partial charge on any atom is 0.244 e. The lowest BCUT2D eigenvalue weighted by Crippen LogP contribution is -2.23. The maximum absolute atomic E-state index is 11.9. The van der Waals surface area contributed by atoms with Gasteiger partial charge in [-0.2, -0.15) is 5.10 Å². The average Bonchev–Trinajstić information content (AvgIpc) is 3.05. The van der Waals surface area contributed by atoms with Gasteiger partial charge in [-0.05, 0) is 12.1 Å². The Bertz CT molecular complexity index is 758. The van der Waals surface area contributed by atoms with E-state index in [9.17, 15) is 8.42 Å². The van der Waals surface area contributed by atoms with Crippen molar-refractivity contribution in [2.75, 3.05) is 0 Å². The van der Waals surface area contributed by atoms with Gasteiger partial charge in [-0.15, -0.1) is 0 Å². The molecule has 0 saturated carbocycles. The number of sulfonamides is 1. The normalized spacial score (nSPS) is 12.0. The number of aromatic nitrogens is 4. The predicted octanol–water partition coefficient (Wildman–Crippen LogP) is 0.765. The molecule has 8 heteroatoms. The van der Waals surface area contributed by atoms with Gasteiger partial charge in [0, 0.05) is 6.20 Å². The molecule has 3 rings (SSSR count).